The van der Waals surface area contributed by atoms with Gasteiger partial charge in [-0.05, 0) is 37.1 Å². The summed E-state index contributed by atoms with van der Waals surface area (Å²) in [6.07, 6.45) is 4.24. The first-order valence-corrected chi connectivity index (χ1v) is 6.15. The minimum Gasteiger partial charge on any atom is -0.399 e. The van der Waals surface area contributed by atoms with Crippen LogP contribution in [0.4, 0.5) is 5.69 Å². The quantitative estimate of drug-likeness (QED) is 0.619. The lowest BCUT2D eigenvalue weighted by Gasteiger charge is -2.07. The fourth-order valence-electron chi connectivity index (χ4n) is 1.71. The van der Waals surface area contributed by atoms with Crippen LogP contribution in [-0.2, 0) is 6.54 Å². The molecule has 2 aromatic rings. The van der Waals surface area contributed by atoms with Gasteiger partial charge in [-0.2, -0.15) is 0 Å². The third kappa shape index (κ3) is 3.54. The van der Waals surface area contributed by atoms with Crippen LogP contribution < -0.4 is 11.1 Å². The Morgan fingerprint density at radius 3 is 3.00 bits per heavy atom. The van der Waals surface area contributed by atoms with Crippen LogP contribution in [0.25, 0.3) is 0 Å². The van der Waals surface area contributed by atoms with Crippen LogP contribution in [0.1, 0.15) is 22.3 Å². The van der Waals surface area contributed by atoms with Gasteiger partial charge >= 0.3 is 0 Å². The second-order valence-corrected chi connectivity index (χ2v) is 4.35. The van der Waals surface area contributed by atoms with E-state index in [9.17, 15) is 4.79 Å². The van der Waals surface area contributed by atoms with Crippen LogP contribution in [0.2, 0.25) is 0 Å². The van der Waals surface area contributed by atoms with Gasteiger partial charge in [0.25, 0.3) is 5.91 Å². The number of hydrogen-bond donors (Lipinski definition) is 2. The number of nitrogen functional groups attached to an aromatic ring is 1. The van der Waals surface area contributed by atoms with E-state index in [-0.39, 0.29) is 5.91 Å². The van der Waals surface area contributed by atoms with E-state index in [1.165, 1.54) is 0 Å². The van der Waals surface area contributed by atoms with Crippen molar-refractivity contribution in [3.8, 4) is 0 Å². The zero-order chi connectivity index (χ0) is 13.7. The Kier molecular flexibility index (Phi) is 4.12. The summed E-state index contributed by atoms with van der Waals surface area (Å²) < 4.78 is 1.74. The van der Waals surface area contributed by atoms with E-state index in [2.05, 4.69) is 15.6 Å². The molecule has 2 rings (SSSR count). The number of aryl methyl sites for hydroxylation is 2. The van der Waals surface area contributed by atoms with Crippen molar-refractivity contribution in [1.29, 1.82) is 0 Å². The van der Waals surface area contributed by atoms with E-state index in [0.717, 1.165) is 18.5 Å². The normalized spacial score (nSPS) is 10.4. The third-order valence-electron chi connectivity index (χ3n) is 2.85. The smallest absolute Gasteiger partial charge is 0.251 e. The lowest BCUT2D eigenvalue weighted by atomic mass is 10.1. The highest BCUT2D eigenvalue weighted by molar-refractivity contribution is 5.94. The van der Waals surface area contributed by atoms with Crippen LogP contribution in [0.5, 0.6) is 0 Å². The van der Waals surface area contributed by atoms with E-state index in [1.54, 1.807) is 35.3 Å². The minimum atomic E-state index is -0.0818. The number of benzene rings is 1. The number of rotatable bonds is 5. The number of amides is 1. The van der Waals surface area contributed by atoms with Gasteiger partial charge in [0.1, 0.15) is 0 Å². The molecule has 0 fully saturated rings. The van der Waals surface area contributed by atoms with Crippen molar-refractivity contribution >= 4 is 11.6 Å². The molecule has 0 saturated heterocycles. The summed E-state index contributed by atoms with van der Waals surface area (Å²) in [5.74, 6) is -0.0818. The Hall–Kier alpha value is -2.37. The minimum absolute atomic E-state index is 0.0818. The molecular formula is C13H17N5O. The van der Waals surface area contributed by atoms with Crippen LogP contribution in [0.15, 0.2) is 30.6 Å². The first-order chi connectivity index (χ1) is 9.16. The molecule has 0 bridgehead atoms. The average molecular weight is 259 g/mol. The van der Waals surface area contributed by atoms with Gasteiger partial charge in [-0.15, -0.1) is 5.10 Å². The number of carbonyl (C=O) groups is 1. The molecule has 0 aliphatic rings. The van der Waals surface area contributed by atoms with Crippen molar-refractivity contribution < 1.29 is 4.79 Å². The van der Waals surface area contributed by atoms with Crippen molar-refractivity contribution in [3.63, 3.8) is 0 Å². The molecule has 1 heterocycles. The van der Waals surface area contributed by atoms with Crippen molar-refractivity contribution in [2.24, 2.45) is 0 Å². The second-order valence-electron chi connectivity index (χ2n) is 4.35. The van der Waals surface area contributed by atoms with Gasteiger partial charge in [-0.3, -0.25) is 9.48 Å². The molecule has 19 heavy (non-hydrogen) atoms. The third-order valence-corrected chi connectivity index (χ3v) is 2.85. The molecular weight excluding hydrogens is 242 g/mol. The number of hydrogen-bond acceptors (Lipinski definition) is 4. The first-order valence-electron chi connectivity index (χ1n) is 6.15. The maximum atomic E-state index is 11.9. The SMILES string of the molecule is Cc1cc(C(=O)NCCCn2ccnn2)ccc1N. The molecule has 6 nitrogen and oxygen atoms in total. The van der Waals surface area contributed by atoms with Gasteiger partial charge in [0, 0.05) is 30.5 Å². The largest absolute Gasteiger partial charge is 0.399 e. The van der Waals surface area contributed by atoms with Gasteiger partial charge in [0.2, 0.25) is 0 Å². The number of aromatic nitrogens is 3. The topological polar surface area (TPSA) is 85.8 Å². The summed E-state index contributed by atoms with van der Waals surface area (Å²) in [5.41, 5.74) is 7.96. The number of anilines is 1. The standard InChI is InChI=1S/C13H17N5O/c1-10-9-11(3-4-12(10)14)13(19)15-5-2-7-18-8-6-16-17-18/h3-4,6,8-9H,2,5,7,14H2,1H3,(H,15,19). The maximum Gasteiger partial charge on any atom is 0.251 e. The van der Waals surface area contributed by atoms with E-state index in [0.29, 0.717) is 17.8 Å². The van der Waals surface area contributed by atoms with Crippen molar-refractivity contribution in [1.82, 2.24) is 20.3 Å². The molecule has 0 radical (unpaired) electrons. The molecule has 1 aromatic heterocycles. The Bertz CT molecular complexity index is 550. The molecule has 1 amide bonds. The van der Waals surface area contributed by atoms with E-state index in [1.807, 2.05) is 6.92 Å². The first kappa shape index (κ1) is 13.1. The van der Waals surface area contributed by atoms with Gasteiger partial charge in [0.05, 0.1) is 6.20 Å². The Balaban J connectivity index is 1.79. The molecule has 6 heteroatoms. The van der Waals surface area contributed by atoms with Gasteiger partial charge in [-0.1, -0.05) is 5.21 Å². The van der Waals surface area contributed by atoms with E-state index < -0.39 is 0 Å². The van der Waals surface area contributed by atoms with Crippen molar-refractivity contribution in [2.75, 3.05) is 12.3 Å². The molecule has 0 atom stereocenters. The lowest BCUT2D eigenvalue weighted by molar-refractivity contribution is 0.0952. The highest BCUT2D eigenvalue weighted by Crippen LogP contribution is 2.12. The Morgan fingerprint density at radius 1 is 1.47 bits per heavy atom. The van der Waals surface area contributed by atoms with Crippen LogP contribution in [0.3, 0.4) is 0 Å². The molecule has 0 unspecified atom stereocenters. The summed E-state index contributed by atoms with van der Waals surface area (Å²) in [6, 6.07) is 5.27. The summed E-state index contributed by atoms with van der Waals surface area (Å²) in [4.78, 5) is 11.9. The molecule has 3 N–H and O–H groups in total. The average Bonchev–Trinajstić information content (AvgIpc) is 2.91. The zero-order valence-electron chi connectivity index (χ0n) is 10.8. The fourth-order valence-corrected chi connectivity index (χ4v) is 1.71. The number of nitrogens with zero attached hydrogens (tertiary/aromatic N) is 3. The second kappa shape index (κ2) is 5.99. The van der Waals surface area contributed by atoms with Gasteiger partial charge < -0.3 is 11.1 Å². The highest BCUT2D eigenvalue weighted by atomic mass is 16.1. The highest BCUT2D eigenvalue weighted by Gasteiger charge is 2.05. The molecule has 0 spiro atoms. The monoisotopic (exact) mass is 259 g/mol. The van der Waals surface area contributed by atoms with Crippen LogP contribution in [0, 0.1) is 6.92 Å². The molecule has 1 aromatic carbocycles. The predicted octanol–water partition coefficient (Wildman–Crippen LogP) is 0.989. The van der Waals surface area contributed by atoms with Crippen LogP contribution in [-0.4, -0.2) is 27.4 Å². The summed E-state index contributed by atoms with van der Waals surface area (Å²) in [7, 11) is 0. The maximum absolute atomic E-state index is 11.9. The lowest BCUT2D eigenvalue weighted by Crippen LogP contribution is -2.25. The molecule has 0 aliphatic heterocycles. The molecule has 0 aliphatic carbocycles. The summed E-state index contributed by atoms with van der Waals surface area (Å²) in [5, 5.41) is 10.4. The summed E-state index contributed by atoms with van der Waals surface area (Å²) >= 11 is 0. The Morgan fingerprint density at radius 2 is 2.32 bits per heavy atom. The van der Waals surface area contributed by atoms with E-state index >= 15 is 0 Å². The fraction of sp³-hybridized carbons (Fsp3) is 0.308. The number of nitrogens with two attached hydrogens (primary N) is 1. The molecule has 0 saturated carbocycles. The van der Waals surface area contributed by atoms with Gasteiger partial charge in [-0.25, -0.2) is 0 Å². The molecule has 100 valence electrons. The van der Waals surface area contributed by atoms with Crippen molar-refractivity contribution in [3.05, 3.63) is 41.7 Å². The zero-order valence-corrected chi connectivity index (χ0v) is 10.8. The van der Waals surface area contributed by atoms with E-state index in [4.69, 9.17) is 5.73 Å². The Labute approximate surface area is 111 Å². The van der Waals surface area contributed by atoms with Gasteiger partial charge in [0.15, 0.2) is 0 Å². The predicted molar refractivity (Wildman–Crippen MR) is 72.6 cm³/mol. The summed E-state index contributed by atoms with van der Waals surface area (Å²) in [6.45, 7) is 3.22. The van der Waals surface area contributed by atoms with Crippen molar-refractivity contribution in [2.45, 2.75) is 19.9 Å². The number of nitrogens with one attached hydrogen (secondary N) is 1. The number of carbonyl (C=O) groups excluding carboxylic acids is 1. The van der Waals surface area contributed by atoms with Crippen LogP contribution >= 0.6 is 0 Å².